The molecular weight excluding hydrogens is 346 g/mol. The monoisotopic (exact) mass is 361 g/mol. The number of hydrogen-bond acceptors (Lipinski definition) is 2. The van der Waals surface area contributed by atoms with E-state index in [4.69, 9.17) is 0 Å². The highest BCUT2D eigenvalue weighted by molar-refractivity contribution is 6.21. The van der Waals surface area contributed by atoms with E-state index in [1.54, 1.807) is 16.5 Å². The van der Waals surface area contributed by atoms with Crippen LogP contribution in [0.1, 0.15) is 0 Å². The van der Waals surface area contributed by atoms with Gasteiger partial charge in [-0.25, -0.2) is 0 Å². The smallest absolute Gasteiger partial charge is 0.263 e. The highest BCUT2D eigenvalue weighted by atomic mass is 16.3. The normalized spacial score (nSPS) is 11.9. The third-order valence-corrected chi connectivity index (χ3v) is 5.60. The Morgan fingerprint density at radius 3 is 2.14 bits per heavy atom. The Morgan fingerprint density at radius 2 is 1.32 bits per heavy atom. The van der Waals surface area contributed by atoms with Crippen molar-refractivity contribution < 1.29 is 5.11 Å². The van der Waals surface area contributed by atoms with Crippen LogP contribution in [-0.2, 0) is 0 Å². The maximum absolute atomic E-state index is 13.4. The summed E-state index contributed by atoms with van der Waals surface area (Å²) in [4.78, 5) is 13.4. The molecule has 0 aliphatic rings. The van der Waals surface area contributed by atoms with Gasteiger partial charge in [0.25, 0.3) is 5.56 Å². The molecule has 0 saturated heterocycles. The molecular formula is C25H15NO2. The molecule has 2 heterocycles. The first kappa shape index (κ1) is 15.2. The fourth-order valence-electron chi connectivity index (χ4n) is 4.38. The number of fused-ring (bicyclic) bond motifs is 5. The molecule has 0 radical (unpaired) electrons. The zero-order valence-electron chi connectivity index (χ0n) is 14.9. The number of benzene rings is 4. The van der Waals surface area contributed by atoms with Crippen LogP contribution in [0.5, 0.6) is 5.75 Å². The topological polar surface area (TPSA) is 41.7 Å². The standard InChI is InChI=1S/C25H15NO2/c27-17-13-21-18-8-4-5-9-23(18)26-24(21)22(14-17)20-12-16(10-11-19(20)25(26)28)15-6-2-1-3-7-15/h1-14,27H. The van der Waals surface area contributed by atoms with E-state index in [-0.39, 0.29) is 11.3 Å². The average molecular weight is 361 g/mol. The predicted octanol–water partition coefficient (Wildman–Crippen LogP) is 5.57. The maximum Gasteiger partial charge on any atom is 0.263 e. The molecule has 0 spiro atoms. The Morgan fingerprint density at radius 1 is 0.607 bits per heavy atom. The molecule has 0 bridgehead atoms. The van der Waals surface area contributed by atoms with Gasteiger partial charge in [0.2, 0.25) is 0 Å². The van der Waals surface area contributed by atoms with Crippen molar-refractivity contribution in [3.63, 3.8) is 0 Å². The van der Waals surface area contributed by atoms with Gasteiger partial charge < -0.3 is 5.11 Å². The summed E-state index contributed by atoms with van der Waals surface area (Å²) in [6.07, 6.45) is 0. The SMILES string of the molecule is O=c1c2ccc(-c3ccccc3)cc2c2cc(O)cc3c4ccccc4n1c23. The van der Waals surface area contributed by atoms with Gasteiger partial charge in [-0.3, -0.25) is 9.20 Å². The minimum atomic E-state index is -0.0287. The summed E-state index contributed by atoms with van der Waals surface area (Å²) < 4.78 is 1.78. The van der Waals surface area contributed by atoms with Gasteiger partial charge in [-0.15, -0.1) is 0 Å². The first-order valence-corrected chi connectivity index (χ1v) is 9.23. The molecule has 0 unspecified atom stereocenters. The highest BCUT2D eigenvalue weighted by Gasteiger charge is 2.18. The van der Waals surface area contributed by atoms with Crippen LogP contribution in [0.3, 0.4) is 0 Å². The number of para-hydroxylation sites is 1. The van der Waals surface area contributed by atoms with Crippen LogP contribution in [0.2, 0.25) is 0 Å². The largest absolute Gasteiger partial charge is 0.508 e. The molecule has 4 aromatic carbocycles. The number of phenolic OH excluding ortho intramolecular Hbond substituents is 1. The first-order valence-electron chi connectivity index (χ1n) is 9.23. The van der Waals surface area contributed by atoms with Crippen LogP contribution in [0.15, 0.2) is 89.7 Å². The van der Waals surface area contributed by atoms with Crippen molar-refractivity contribution in [3.8, 4) is 16.9 Å². The zero-order valence-corrected chi connectivity index (χ0v) is 14.9. The molecule has 0 aliphatic carbocycles. The van der Waals surface area contributed by atoms with E-state index in [1.165, 1.54) is 0 Å². The summed E-state index contributed by atoms with van der Waals surface area (Å²) in [5.41, 5.74) is 3.85. The summed E-state index contributed by atoms with van der Waals surface area (Å²) in [6, 6.07) is 27.4. The van der Waals surface area contributed by atoms with E-state index in [1.807, 2.05) is 54.6 Å². The molecule has 6 rings (SSSR count). The lowest BCUT2D eigenvalue weighted by Crippen LogP contribution is -2.12. The Hall–Kier alpha value is -3.85. The summed E-state index contributed by atoms with van der Waals surface area (Å²) in [6.45, 7) is 0. The molecule has 28 heavy (non-hydrogen) atoms. The van der Waals surface area contributed by atoms with E-state index in [9.17, 15) is 9.90 Å². The van der Waals surface area contributed by atoms with E-state index >= 15 is 0 Å². The molecule has 3 heteroatoms. The van der Waals surface area contributed by atoms with E-state index in [0.29, 0.717) is 5.39 Å². The maximum atomic E-state index is 13.4. The number of pyridine rings is 1. The third kappa shape index (κ3) is 1.90. The van der Waals surface area contributed by atoms with Gasteiger partial charge in [-0.05, 0) is 46.8 Å². The summed E-state index contributed by atoms with van der Waals surface area (Å²) in [7, 11) is 0. The van der Waals surface area contributed by atoms with Gasteiger partial charge in [0.15, 0.2) is 0 Å². The number of rotatable bonds is 1. The Kier molecular flexibility index (Phi) is 2.90. The second-order valence-corrected chi connectivity index (χ2v) is 7.17. The third-order valence-electron chi connectivity index (χ3n) is 5.60. The Bertz CT molecular complexity index is 1580. The summed E-state index contributed by atoms with van der Waals surface area (Å²) in [5.74, 6) is 0.204. The lowest BCUT2D eigenvalue weighted by Gasteiger charge is -2.09. The minimum Gasteiger partial charge on any atom is -0.508 e. The zero-order chi connectivity index (χ0) is 18.8. The van der Waals surface area contributed by atoms with E-state index in [2.05, 4.69) is 18.2 Å². The second kappa shape index (κ2) is 5.33. The number of aromatic nitrogens is 1. The molecule has 1 N–H and O–H groups in total. The lowest BCUT2D eigenvalue weighted by molar-refractivity contribution is 0.477. The van der Waals surface area contributed by atoms with Crippen LogP contribution >= 0.6 is 0 Å². The molecule has 2 aromatic heterocycles. The van der Waals surface area contributed by atoms with Gasteiger partial charge in [0.1, 0.15) is 5.75 Å². The first-order chi connectivity index (χ1) is 13.7. The lowest BCUT2D eigenvalue weighted by atomic mass is 9.98. The fraction of sp³-hybridized carbons (Fsp3) is 0. The van der Waals surface area contributed by atoms with Gasteiger partial charge in [-0.2, -0.15) is 0 Å². The Labute approximate surface area is 160 Å². The van der Waals surface area contributed by atoms with Crippen molar-refractivity contribution in [1.29, 1.82) is 0 Å². The second-order valence-electron chi connectivity index (χ2n) is 7.17. The molecule has 0 atom stereocenters. The molecule has 6 aromatic rings. The van der Waals surface area contributed by atoms with Gasteiger partial charge in [0, 0.05) is 21.5 Å². The van der Waals surface area contributed by atoms with Crippen molar-refractivity contribution >= 4 is 38.0 Å². The summed E-state index contributed by atoms with van der Waals surface area (Å²) in [5, 5.41) is 14.7. The van der Waals surface area contributed by atoms with Crippen molar-refractivity contribution in [1.82, 2.24) is 4.40 Å². The van der Waals surface area contributed by atoms with Crippen LogP contribution in [-0.4, -0.2) is 9.51 Å². The molecule has 0 aliphatic heterocycles. The van der Waals surface area contributed by atoms with E-state index in [0.717, 1.165) is 43.7 Å². The number of nitrogens with zero attached hydrogens (tertiary/aromatic N) is 1. The number of phenols is 1. The van der Waals surface area contributed by atoms with Crippen LogP contribution in [0.25, 0.3) is 49.1 Å². The molecule has 3 nitrogen and oxygen atoms in total. The number of aromatic hydroxyl groups is 1. The van der Waals surface area contributed by atoms with Gasteiger partial charge >= 0.3 is 0 Å². The number of hydrogen-bond donors (Lipinski definition) is 1. The van der Waals surface area contributed by atoms with Crippen molar-refractivity contribution in [2.24, 2.45) is 0 Å². The summed E-state index contributed by atoms with van der Waals surface area (Å²) >= 11 is 0. The predicted molar refractivity (Wildman–Crippen MR) is 114 cm³/mol. The fourth-order valence-corrected chi connectivity index (χ4v) is 4.38. The van der Waals surface area contributed by atoms with Crippen LogP contribution in [0.4, 0.5) is 0 Å². The molecule has 0 saturated carbocycles. The molecule has 0 amide bonds. The minimum absolute atomic E-state index is 0.0287. The van der Waals surface area contributed by atoms with Gasteiger partial charge in [-0.1, -0.05) is 54.6 Å². The quantitative estimate of drug-likeness (QED) is 0.389. The van der Waals surface area contributed by atoms with E-state index < -0.39 is 0 Å². The molecule has 0 fully saturated rings. The Balaban J connectivity index is 1.88. The highest BCUT2D eigenvalue weighted by Crippen LogP contribution is 2.37. The van der Waals surface area contributed by atoms with Crippen LogP contribution < -0.4 is 5.56 Å². The van der Waals surface area contributed by atoms with Crippen molar-refractivity contribution in [2.75, 3.05) is 0 Å². The average Bonchev–Trinajstić information content (AvgIpc) is 3.07. The van der Waals surface area contributed by atoms with Crippen molar-refractivity contribution in [3.05, 3.63) is 95.3 Å². The van der Waals surface area contributed by atoms with Crippen molar-refractivity contribution in [2.45, 2.75) is 0 Å². The molecule has 132 valence electrons. The van der Waals surface area contributed by atoms with Gasteiger partial charge in [0.05, 0.1) is 11.0 Å². The van der Waals surface area contributed by atoms with Crippen LogP contribution in [0, 0.1) is 0 Å².